The van der Waals surface area contributed by atoms with Crippen LogP contribution in [0.15, 0.2) is 12.1 Å². The van der Waals surface area contributed by atoms with Crippen molar-refractivity contribution in [3.8, 4) is 0 Å². The molecule has 0 spiro atoms. The van der Waals surface area contributed by atoms with Crippen LogP contribution in [0.3, 0.4) is 0 Å². The number of aliphatic hydroxyl groups excluding tert-OH is 1. The van der Waals surface area contributed by atoms with Crippen LogP contribution in [0.2, 0.25) is 0 Å². The first-order valence-corrected chi connectivity index (χ1v) is 5.20. The average Bonchev–Trinajstić information content (AvgIpc) is 2.54. The molecule has 0 bridgehead atoms. The Morgan fingerprint density at radius 3 is 2.85 bits per heavy atom. The van der Waals surface area contributed by atoms with E-state index in [1.165, 1.54) is 9.75 Å². The van der Waals surface area contributed by atoms with Gasteiger partial charge in [0.1, 0.15) is 0 Å². The van der Waals surface area contributed by atoms with E-state index < -0.39 is 0 Å². The zero-order chi connectivity index (χ0) is 9.68. The summed E-state index contributed by atoms with van der Waals surface area (Å²) in [7, 11) is 0. The zero-order valence-electron chi connectivity index (χ0n) is 7.79. The van der Waals surface area contributed by atoms with Crippen molar-refractivity contribution in [2.24, 2.45) is 5.73 Å². The molecular weight excluding hydrogens is 184 g/mol. The summed E-state index contributed by atoms with van der Waals surface area (Å²) in [5.41, 5.74) is 5.62. The minimum atomic E-state index is 0.154. The number of nitrogens with one attached hydrogen (secondary N) is 1. The second kappa shape index (κ2) is 5.34. The van der Waals surface area contributed by atoms with Crippen LogP contribution in [0.25, 0.3) is 0 Å². The number of aliphatic hydroxyl groups is 1. The van der Waals surface area contributed by atoms with E-state index in [0.29, 0.717) is 13.1 Å². The van der Waals surface area contributed by atoms with Gasteiger partial charge in [0.05, 0.1) is 12.6 Å². The highest BCUT2D eigenvalue weighted by molar-refractivity contribution is 7.12. The topological polar surface area (TPSA) is 58.3 Å². The highest BCUT2D eigenvalue weighted by Crippen LogP contribution is 2.21. The Morgan fingerprint density at radius 1 is 1.62 bits per heavy atom. The fourth-order valence-electron chi connectivity index (χ4n) is 1.18. The fraction of sp³-hybridized carbons (Fsp3) is 0.556. The van der Waals surface area contributed by atoms with Crippen molar-refractivity contribution in [2.75, 3.05) is 19.7 Å². The van der Waals surface area contributed by atoms with Crippen molar-refractivity contribution in [1.82, 2.24) is 5.32 Å². The molecule has 0 fully saturated rings. The Kier molecular flexibility index (Phi) is 4.38. The monoisotopic (exact) mass is 200 g/mol. The van der Waals surface area contributed by atoms with E-state index >= 15 is 0 Å². The summed E-state index contributed by atoms with van der Waals surface area (Å²) >= 11 is 1.75. The van der Waals surface area contributed by atoms with Crippen LogP contribution < -0.4 is 11.1 Å². The summed E-state index contributed by atoms with van der Waals surface area (Å²) in [6, 6.07) is 4.36. The summed E-state index contributed by atoms with van der Waals surface area (Å²) in [6.07, 6.45) is 0. The molecule has 1 aromatic rings. The number of hydrogen-bond donors (Lipinski definition) is 3. The number of aryl methyl sites for hydroxylation is 1. The molecule has 1 heterocycles. The molecule has 1 unspecified atom stereocenters. The SMILES string of the molecule is Cc1ccc(C(CN)NCCO)s1. The van der Waals surface area contributed by atoms with E-state index in [1.807, 2.05) is 0 Å². The second-order valence-corrected chi connectivity index (χ2v) is 4.23. The summed E-state index contributed by atoms with van der Waals surface area (Å²) in [5, 5.41) is 11.8. The lowest BCUT2D eigenvalue weighted by molar-refractivity contribution is 0.285. The molecule has 1 rings (SSSR count). The predicted molar refractivity (Wildman–Crippen MR) is 55.9 cm³/mol. The van der Waals surface area contributed by atoms with E-state index in [1.54, 1.807) is 11.3 Å². The maximum absolute atomic E-state index is 8.66. The molecule has 4 N–H and O–H groups in total. The van der Waals surface area contributed by atoms with E-state index in [2.05, 4.69) is 24.4 Å². The molecule has 0 aromatic carbocycles. The molecule has 1 atom stereocenters. The van der Waals surface area contributed by atoms with Crippen molar-refractivity contribution in [1.29, 1.82) is 0 Å². The third-order valence-corrected chi connectivity index (χ3v) is 2.96. The lowest BCUT2D eigenvalue weighted by Crippen LogP contribution is -2.29. The van der Waals surface area contributed by atoms with Gasteiger partial charge in [-0.3, -0.25) is 0 Å². The number of hydrogen-bond acceptors (Lipinski definition) is 4. The van der Waals surface area contributed by atoms with Gasteiger partial charge in [0, 0.05) is 22.8 Å². The van der Waals surface area contributed by atoms with Crippen LogP contribution in [0.5, 0.6) is 0 Å². The standard InChI is InChI=1S/C9H16N2OS/c1-7-2-3-9(13-7)8(6-10)11-4-5-12/h2-3,8,11-12H,4-6,10H2,1H3. The molecule has 0 amide bonds. The highest BCUT2D eigenvalue weighted by Gasteiger charge is 2.09. The molecule has 0 aliphatic carbocycles. The van der Waals surface area contributed by atoms with Gasteiger partial charge in [-0.25, -0.2) is 0 Å². The number of thiophene rings is 1. The van der Waals surface area contributed by atoms with Gasteiger partial charge < -0.3 is 16.2 Å². The third kappa shape index (κ3) is 3.08. The molecular formula is C9H16N2OS. The molecule has 0 aliphatic rings. The molecule has 74 valence electrons. The van der Waals surface area contributed by atoms with Crippen LogP contribution in [-0.4, -0.2) is 24.8 Å². The van der Waals surface area contributed by atoms with Crippen LogP contribution in [-0.2, 0) is 0 Å². The van der Waals surface area contributed by atoms with E-state index in [0.717, 1.165) is 0 Å². The van der Waals surface area contributed by atoms with Crippen LogP contribution >= 0.6 is 11.3 Å². The smallest absolute Gasteiger partial charge is 0.0556 e. The van der Waals surface area contributed by atoms with Crippen molar-refractivity contribution >= 4 is 11.3 Å². The van der Waals surface area contributed by atoms with Gasteiger partial charge in [-0.05, 0) is 19.1 Å². The largest absolute Gasteiger partial charge is 0.395 e. The fourth-order valence-corrected chi connectivity index (χ4v) is 2.15. The summed E-state index contributed by atoms with van der Waals surface area (Å²) < 4.78 is 0. The zero-order valence-corrected chi connectivity index (χ0v) is 8.60. The predicted octanol–water partition coefficient (Wildman–Crippen LogP) is 0.638. The first kappa shape index (κ1) is 10.7. The summed E-state index contributed by atoms with van der Waals surface area (Å²) in [5.74, 6) is 0. The lowest BCUT2D eigenvalue weighted by atomic mass is 10.2. The van der Waals surface area contributed by atoms with Gasteiger partial charge in [-0.2, -0.15) is 0 Å². The Labute approximate surface area is 82.6 Å². The van der Waals surface area contributed by atoms with Gasteiger partial charge >= 0.3 is 0 Å². The van der Waals surface area contributed by atoms with Crippen molar-refractivity contribution in [2.45, 2.75) is 13.0 Å². The Balaban J connectivity index is 2.56. The van der Waals surface area contributed by atoms with Gasteiger partial charge in [-0.15, -0.1) is 11.3 Å². The minimum absolute atomic E-state index is 0.154. The van der Waals surface area contributed by atoms with Crippen molar-refractivity contribution in [3.63, 3.8) is 0 Å². The number of rotatable bonds is 5. The first-order valence-electron chi connectivity index (χ1n) is 4.38. The van der Waals surface area contributed by atoms with Crippen molar-refractivity contribution in [3.05, 3.63) is 21.9 Å². The minimum Gasteiger partial charge on any atom is -0.395 e. The molecule has 1 aromatic heterocycles. The number of nitrogens with two attached hydrogens (primary N) is 1. The second-order valence-electron chi connectivity index (χ2n) is 2.91. The molecule has 0 saturated carbocycles. The molecule has 3 nitrogen and oxygen atoms in total. The Hall–Kier alpha value is -0.420. The van der Waals surface area contributed by atoms with Crippen LogP contribution in [0, 0.1) is 6.92 Å². The van der Waals surface area contributed by atoms with Gasteiger partial charge in [-0.1, -0.05) is 0 Å². The average molecular weight is 200 g/mol. The van der Waals surface area contributed by atoms with E-state index in [4.69, 9.17) is 10.8 Å². The normalized spacial score (nSPS) is 13.2. The molecule has 13 heavy (non-hydrogen) atoms. The highest BCUT2D eigenvalue weighted by atomic mass is 32.1. The van der Waals surface area contributed by atoms with Gasteiger partial charge in [0.2, 0.25) is 0 Å². The quantitative estimate of drug-likeness (QED) is 0.653. The van der Waals surface area contributed by atoms with E-state index in [9.17, 15) is 0 Å². The maximum Gasteiger partial charge on any atom is 0.0556 e. The first-order chi connectivity index (χ1) is 6.27. The Bertz CT molecular complexity index is 250. The molecule has 0 radical (unpaired) electrons. The van der Waals surface area contributed by atoms with Crippen LogP contribution in [0.4, 0.5) is 0 Å². The Morgan fingerprint density at radius 2 is 2.38 bits per heavy atom. The van der Waals surface area contributed by atoms with Crippen molar-refractivity contribution < 1.29 is 5.11 Å². The third-order valence-electron chi connectivity index (χ3n) is 1.84. The van der Waals surface area contributed by atoms with Gasteiger partial charge in [0.25, 0.3) is 0 Å². The van der Waals surface area contributed by atoms with Gasteiger partial charge in [0.15, 0.2) is 0 Å². The molecule has 4 heteroatoms. The molecule has 0 saturated heterocycles. The lowest BCUT2D eigenvalue weighted by Gasteiger charge is -2.13. The maximum atomic E-state index is 8.66. The summed E-state index contributed by atoms with van der Waals surface area (Å²) in [4.78, 5) is 2.53. The van der Waals surface area contributed by atoms with E-state index in [-0.39, 0.29) is 12.6 Å². The molecule has 0 aliphatic heterocycles. The summed E-state index contributed by atoms with van der Waals surface area (Å²) in [6.45, 7) is 3.40. The van der Waals surface area contributed by atoms with Crippen LogP contribution in [0.1, 0.15) is 15.8 Å².